The van der Waals surface area contributed by atoms with Crippen molar-refractivity contribution in [3.8, 4) is 0 Å². The summed E-state index contributed by atoms with van der Waals surface area (Å²) in [5.74, 6) is 0.182. The highest BCUT2D eigenvalue weighted by molar-refractivity contribution is 5.96. The Bertz CT molecular complexity index is 882. The highest BCUT2D eigenvalue weighted by atomic mass is 16.3. The van der Waals surface area contributed by atoms with Gasteiger partial charge in [-0.25, -0.2) is 0 Å². The lowest BCUT2D eigenvalue weighted by Crippen LogP contribution is -2.31. The summed E-state index contributed by atoms with van der Waals surface area (Å²) in [7, 11) is 0. The molecule has 0 aliphatic heterocycles. The molecule has 2 heterocycles. The lowest BCUT2D eigenvalue weighted by molar-refractivity contribution is 0.0905. The van der Waals surface area contributed by atoms with E-state index >= 15 is 0 Å². The average Bonchev–Trinajstić information content (AvgIpc) is 3.01. The van der Waals surface area contributed by atoms with Gasteiger partial charge in [0.25, 0.3) is 5.91 Å². The number of carbonyl (C=O) groups excluding carboxylic acids is 1. The Labute approximate surface area is 134 Å². The Morgan fingerprint density at radius 1 is 1.30 bits per heavy atom. The number of hydrogen-bond donors (Lipinski definition) is 1. The van der Waals surface area contributed by atoms with Crippen LogP contribution in [0.15, 0.2) is 47.0 Å². The lowest BCUT2D eigenvalue weighted by atomic mass is 9.92. The maximum Gasteiger partial charge on any atom is 0.287 e. The van der Waals surface area contributed by atoms with Crippen LogP contribution in [0.25, 0.3) is 11.0 Å². The first kappa shape index (κ1) is 14.0. The van der Waals surface area contributed by atoms with Crippen LogP contribution in [0.1, 0.15) is 46.3 Å². The molecule has 116 valence electrons. The van der Waals surface area contributed by atoms with E-state index in [9.17, 15) is 4.79 Å². The van der Waals surface area contributed by atoms with Gasteiger partial charge in [0.05, 0.1) is 11.7 Å². The van der Waals surface area contributed by atoms with Crippen molar-refractivity contribution in [3.63, 3.8) is 0 Å². The lowest BCUT2D eigenvalue weighted by Gasteiger charge is -2.24. The SMILES string of the molecule is Cc1cccc2cc(C(=O)N[C@@H]3CCCc4cccnc43)oc12. The van der Waals surface area contributed by atoms with Crippen molar-refractivity contribution in [2.45, 2.75) is 32.2 Å². The Morgan fingerprint density at radius 3 is 3.09 bits per heavy atom. The van der Waals surface area contributed by atoms with Gasteiger partial charge in [-0.15, -0.1) is 0 Å². The van der Waals surface area contributed by atoms with Gasteiger partial charge in [-0.05, 0) is 49.4 Å². The molecule has 4 rings (SSSR count). The molecule has 1 aliphatic carbocycles. The molecule has 0 saturated heterocycles. The molecular weight excluding hydrogens is 288 g/mol. The van der Waals surface area contributed by atoms with Crippen LogP contribution in [0.3, 0.4) is 0 Å². The molecule has 1 amide bonds. The van der Waals surface area contributed by atoms with E-state index in [1.165, 1.54) is 5.56 Å². The van der Waals surface area contributed by atoms with Gasteiger partial charge >= 0.3 is 0 Å². The molecule has 0 unspecified atom stereocenters. The zero-order chi connectivity index (χ0) is 15.8. The Kier molecular flexibility index (Phi) is 3.37. The van der Waals surface area contributed by atoms with Crippen LogP contribution in [0.5, 0.6) is 0 Å². The number of furan rings is 1. The van der Waals surface area contributed by atoms with Crippen LogP contribution in [-0.2, 0) is 6.42 Å². The Morgan fingerprint density at radius 2 is 2.22 bits per heavy atom. The van der Waals surface area contributed by atoms with E-state index in [1.54, 1.807) is 12.3 Å². The second kappa shape index (κ2) is 5.54. The van der Waals surface area contributed by atoms with Gasteiger partial charge in [0.15, 0.2) is 5.76 Å². The number of aromatic nitrogens is 1. The molecule has 23 heavy (non-hydrogen) atoms. The summed E-state index contributed by atoms with van der Waals surface area (Å²) >= 11 is 0. The molecule has 0 radical (unpaired) electrons. The van der Waals surface area contributed by atoms with Crippen molar-refractivity contribution in [2.24, 2.45) is 0 Å². The number of aryl methyl sites for hydroxylation is 2. The number of fused-ring (bicyclic) bond motifs is 2. The van der Waals surface area contributed by atoms with E-state index in [0.717, 1.165) is 41.5 Å². The zero-order valence-corrected chi connectivity index (χ0v) is 13.0. The van der Waals surface area contributed by atoms with Crippen molar-refractivity contribution >= 4 is 16.9 Å². The van der Waals surface area contributed by atoms with Gasteiger partial charge in [-0.1, -0.05) is 24.3 Å². The summed E-state index contributed by atoms with van der Waals surface area (Å²) in [5.41, 5.74) is 4.02. The van der Waals surface area contributed by atoms with Crippen LogP contribution in [0.2, 0.25) is 0 Å². The molecule has 3 aromatic rings. The molecule has 0 bridgehead atoms. The van der Waals surface area contributed by atoms with Crippen molar-refractivity contribution in [3.05, 3.63) is 65.2 Å². The molecule has 1 atom stereocenters. The molecule has 1 aromatic carbocycles. The molecule has 2 aromatic heterocycles. The van der Waals surface area contributed by atoms with E-state index in [-0.39, 0.29) is 11.9 Å². The highest BCUT2D eigenvalue weighted by Crippen LogP contribution is 2.28. The minimum absolute atomic E-state index is 0.0400. The third-order valence-corrected chi connectivity index (χ3v) is 4.47. The summed E-state index contributed by atoms with van der Waals surface area (Å²) < 4.78 is 5.76. The van der Waals surface area contributed by atoms with E-state index in [4.69, 9.17) is 4.42 Å². The summed E-state index contributed by atoms with van der Waals surface area (Å²) in [5, 5.41) is 4.03. The predicted molar refractivity (Wildman–Crippen MR) is 88.3 cm³/mol. The normalized spacial score (nSPS) is 17.0. The number of carbonyl (C=O) groups is 1. The maximum atomic E-state index is 12.6. The predicted octanol–water partition coefficient (Wildman–Crippen LogP) is 3.94. The van der Waals surface area contributed by atoms with Crippen LogP contribution < -0.4 is 5.32 Å². The summed E-state index contributed by atoms with van der Waals surface area (Å²) in [6.07, 6.45) is 4.78. The smallest absolute Gasteiger partial charge is 0.287 e. The van der Waals surface area contributed by atoms with Crippen LogP contribution in [-0.4, -0.2) is 10.9 Å². The minimum Gasteiger partial charge on any atom is -0.451 e. The number of nitrogens with one attached hydrogen (secondary N) is 1. The topological polar surface area (TPSA) is 55.1 Å². The molecule has 0 fully saturated rings. The summed E-state index contributed by atoms with van der Waals surface area (Å²) in [4.78, 5) is 17.0. The van der Waals surface area contributed by atoms with E-state index in [2.05, 4.69) is 16.4 Å². The van der Waals surface area contributed by atoms with Gasteiger partial charge in [-0.3, -0.25) is 9.78 Å². The number of para-hydroxylation sites is 1. The van der Waals surface area contributed by atoms with Crippen LogP contribution in [0, 0.1) is 6.92 Å². The quantitative estimate of drug-likeness (QED) is 0.780. The molecule has 1 aliphatic rings. The van der Waals surface area contributed by atoms with E-state index < -0.39 is 0 Å². The van der Waals surface area contributed by atoms with Gasteiger partial charge in [-0.2, -0.15) is 0 Å². The number of benzene rings is 1. The first-order chi connectivity index (χ1) is 11.2. The van der Waals surface area contributed by atoms with Crippen LogP contribution >= 0.6 is 0 Å². The highest BCUT2D eigenvalue weighted by Gasteiger charge is 2.24. The third kappa shape index (κ3) is 2.50. The molecule has 4 nitrogen and oxygen atoms in total. The summed E-state index contributed by atoms with van der Waals surface area (Å²) in [6.45, 7) is 1.98. The van der Waals surface area contributed by atoms with Gasteiger partial charge in [0.1, 0.15) is 5.58 Å². The molecule has 0 saturated carbocycles. The van der Waals surface area contributed by atoms with E-state index in [1.807, 2.05) is 31.2 Å². The monoisotopic (exact) mass is 306 g/mol. The van der Waals surface area contributed by atoms with Crippen molar-refractivity contribution in [2.75, 3.05) is 0 Å². The first-order valence-electron chi connectivity index (χ1n) is 7.96. The zero-order valence-electron chi connectivity index (χ0n) is 13.0. The van der Waals surface area contributed by atoms with Gasteiger partial charge < -0.3 is 9.73 Å². The fourth-order valence-electron chi connectivity index (χ4n) is 3.30. The number of rotatable bonds is 2. The number of pyridine rings is 1. The molecular formula is C19H18N2O2. The third-order valence-electron chi connectivity index (χ3n) is 4.47. The summed E-state index contributed by atoms with van der Waals surface area (Å²) in [6, 6.07) is 11.7. The fourth-order valence-corrected chi connectivity index (χ4v) is 3.30. The fraction of sp³-hybridized carbons (Fsp3) is 0.263. The maximum absolute atomic E-state index is 12.6. The average molecular weight is 306 g/mol. The second-order valence-electron chi connectivity index (χ2n) is 6.07. The van der Waals surface area contributed by atoms with Gasteiger partial charge in [0, 0.05) is 11.6 Å². The number of nitrogens with zero attached hydrogens (tertiary/aromatic N) is 1. The Hall–Kier alpha value is -2.62. The van der Waals surface area contributed by atoms with Crippen molar-refractivity contribution in [1.82, 2.24) is 10.3 Å². The Balaban J connectivity index is 1.61. The van der Waals surface area contributed by atoms with Gasteiger partial charge in [0.2, 0.25) is 0 Å². The van der Waals surface area contributed by atoms with Crippen molar-refractivity contribution in [1.29, 1.82) is 0 Å². The first-order valence-corrected chi connectivity index (χ1v) is 7.96. The largest absolute Gasteiger partial charge is 0.451 e. The molecule has 0 spiro atoms. The minimum atomic E-state index is -0.177. The second-order valence-corrected chi connectivity index (χ2v) is 6.07. The molecule has 4 heteroatoms. The number of hydrogen-bond acceptors (Lipinski definition) is 3. The molecule has 1 N–H and O–H groups in total. The van der Waals surface area contributed by atoms with Crippen LogP contribution in [0.4, 0.5) is 0 Å². The standard InChI is InChI=1S/C19H18N2O2/c1-12-5-2-7-14-11-16(23-18(12)14)19(22)21-15-9-3-6-13-8-4-10-20-17(13)15/h2,4-5,7-8,10-11,15H,3,6,9H2,1H3,(H,21,22)/t15-/m1/s1. The number of amides is 1. The van der Waals surface area contributed by atoms with E-state index in [0.29, 0.717) is 5.76 Å². The van der Waals surface area contributed by atoms with Crippen molar-refractivity contribution < 1.29 is 9.21 Å².